The molecule has 2 heterocycles. The van der Waals surface area contributed by atoms with E-state index in [1.165, 1.54) is 0 Å². The second-order valence-electron chi connectivity index (χ2n) is 3.37. The Morgan fingerprint density at radius 2 is 2.33 bits per heavy atom. The Hall–Kier alpha value is -1.69. The summed E-state index contributed by atoms with van der Waals surface area (Å²) in [5.74, 6) is 0. The Morgan fingerprint density at radius 3 is 3.07 bits per heavy atom. The molecule has 0 saturated heterocycles. The molecule has 0 aliphatic heterocycles. The molecule has 0 aliphatic rings. The van der Waals surface area contributed by atoms with Crippen molar-refractivity contribution in [3.63, 3.8) is 0 Å². The molecule has 0 aliphatic carbocycles. The topological polar surface area (TPSA) is 79.7 Å². The average Bonchev–Trinajstić information content (AvgIpc) is 2.61. The Balaban J connectivity index is 2.51. The summed E-state index contributed by atoms with van der Waals surface area (Å²) in [7, 11) is 1.80. The standard InChI is InChI=1S/C9H13N5O/c1-13-9-7(5-12-13)8(10)14(6-11-9)3-2-4-15/h5-6,10,15H,2-4H2,1H3. The van der Waals surface area contributed by atoms with Gasteiger partial charge in [0.1, 0.15) is 5.49 Å². The van der Waals surface area contributed by atoms with Crippen LogP contribution >= 0.6 is 0 Å². The molecule has 0 spiro atoms. The number of rotatable bonds is 3. The maximum Gasteiger partial charge on any atom is 0.162 e. The molecular formula is C9H13N5O. The van der Waals surface area contributed by atoms with E-state index in [0.29, 0.717) is 24.1 Å². The molecule has 6 nitrogen and oxygen atoms in total. The molecule has 0 saturated carbocycles. The molecule has 15 heavy (non-hydrogen) atoms. The van der Waals surface area contributed by atoms with Crippen molar-refractivity contribution in [1.29, 1.82) is 5.41 Å². The van der Waals surface area contributed by atoms with E-state index in [2.05, 4.69) is 10.1 Å². The molecule has 6 heteroatoms. The van der Waals surface area contributed by atoms with Crippen LogP contribution in [0.15, 0.2) is 12.5 Å². The Bertz CT molecular complexity index is 527. The monoisotopic (exact) mass is 207 g/mol. The Morgan fingerprint density at radius 1 is 1.53 bits per heavy atom. The highest BCUT2D eigenvalue weighted by molar-refractivity contribution is 5.72. The number of aliphatic hydroxyl groups is 1. The summed E-state index contributed by atoms with van der Waals surface area (Å²) in [6, 6.07) is 0. The van der Waals surface area contributed by atoms with Crippen LogP contribution in [0.5, 0.6) is 0 Å². The summed E-state index contributed by atoms with van der Waals surface area (Å²) in [5, 5.41) is 21.4. The number of aliphatic hydroxyl groups excluding tert-OH is 1. The van der Waals surface area contributed by atoms with Crippen LogP contribution in [0.1, 0.15) is 6.42 Å². The SMILES string of the molecule is Cn1ncc2c(=N)n(CCCO)cnc21. The molecule has 0 atom stereocenters. The first kappa shape index (κ1) is 9.85. The van der Waals surface area contributed by atoms with E-state index in [-0.39, 0.29) is 6.61 Å². The molecule has 0 aromatic carbocycles. The summed E-state index contributed by atoms with van der Waals surface area (Å²) < 4.78 is 3.35. The van der Waals surface area contributed by atoms with Crippen LogP contribution in [0.4, 0.5) is 0 Å². The fraction of sp³-hybridized carbons (Fsp3) is 0.444. The molecule has 0 bridgehead atoms. The second kappa shape index (κ2) is 3.82. The number of nitrogens with zero attached hydrogens (tertiary/aromatic N) is 4. The largest absolute Gasteiger partial charge is 0.396 e. The van der Waals surface area contributed by atoms with Gasteiger partial charge in [0, 0.05) is 20.2 Å². The maximum atomic E-state index is 8.72. The lowest BCUT2D eigenvalue weighted by Gasteiger charge is -2.04. The number of hydrogen-bond donors (Lipinski definition) is 2. The van der Waals surface area contributed by atoms with Crippen molar-refractivity contribution in [3.8, 4) is 0 Å². The fourth-order valence-corrected chi connectivity index (χ4v) is 1.50. The van der Waals surface area contributed by atoms with Crippen LogP contribution in [0.3, 0.4) is 0 Å². The van der Waals surface area contributed by atoms with Crippen molar-refractivity contribution < 1.29 is 5.11 Å². The quantitative estimate of drug-likeness (QED) is 0.720. The first-order chi connectivity index (χ1) is 7.24. The van der Waals surface area contributed by atoms with Crippen molar-refractivity contribution in [2.24, 2.45) is 7.05 Å². The third kappa shape index (κ3) is 1.63. The zero-order valence-electron chi connectivity index (χ0n) is 8.51. The van der Waals surface area contributed by atoms with E-state index in [9.17, 15) is 0 Å². The van der Waals surface area contributed by atoms with Gasteiger partial charge in [-0.25, -0.2) is 4.98 Å². The zero-order valence-corrected chi connectivity index (χ0v) is 8.51. The summed E-state index contributed by atoms with van der Waals surface area (Å²) >= 11 is 0. The van der Waals surface area contributed by atoms with Gasteiger partial charge in [-0.3, -0.25) is 10.1 Å². The minimum absolute atomic E-state index is 0.123. The number of nitrogens with one attached hydrogen (secondary N) is 1. The predicted molar refractivity (Wildman–Crippen MR) is 54.1 cm³/mol. The molecule has 2 N–H and O–H groups in total. The van der Waals surface area contributed by atoms with E-state index in [1.807, 2.05) is 0 Å². The van der Waals surface area contributed by atoms with Gasteiger partial charge in [-0.2, -0.15) is 5.10 Å². The van der Waals surface area contributed by atoms with Gasteiger partial charge in [0.25, 0.3) is 0 Å². The van der Waals surface area contributed by atoms with Gasteiger partial charge in [-0.05, 0) is 6.42 Å². The third-order valence-electron chi connectivity index (χ3n) is 2.33. The van der Waals surface area contributed by atoms with Crippen LogP contribution in [-0.2, 0) is 13.6 Å². The number of hydrogen-bond acceptors (Lipinski definition) is 4. The number of fused-ring (bicyclic) bond motifs is 1. The summed E-state index contributed by atoms with van der Waals surface area (Å²) in [6.07, 6.45) is 3.88. The molecule has 80 valence electrons. The van der Waals surface area contributed by atoms with Gasteiger partial charge in [0.15, 0.2) is 5.65 Å². The minimum Gasteiger partial charge on any atom is -0.396 e. The van der Waals surface area contributed by atoms with E-state index in [1.54, 1.807) is 28.8 Å². The van der Waals surface area contributed by atoms with E-state index >= 15 is 0 Å². The molecule has 2 aromatic rings. The molecular weight excluding hydrogens is 194 g/mol. The van der Waals surface area contributed by atoms with Crippen LogP contribution in [0.25, 0.3) is 11.0 Å². The van der Waals surface area contributed by atoms with Gasteiger partial charge in [-0.1, -0.05) is 0 Å². The first-order valence-corrected chi connectivity index (χ1v) is 4.76. The van der Waals surface area contributed by atoms with Gasteiger partial charge in [-0.15, -0.1) is 0 Å². The lowest BCUT2D eigenvalue weighted by molar-refractivity contribution is 0.278. The molecule has 0 unspecified atom stereocenters. The molecule has 0 radical (unpaired) electrons. The fourth-order valence-electron chi connectivity index (χ4n) is 1.50. The molecule has 0 amide bonds. The van der Waals surface area contributed by atoms with Crippen LogP contribution in [0, 0.1) is 5.41 Å². The lowest BCUT2D eigenvalue weighted by atomic mass is 10.4. The van der Waals surface area contributed by atoms with Crippen molar-refractivity contribution in [2.45, 2.75) is 13.0 Å². The smallest absolute Gasteiger partial charge is 0.162 e. The summed E-state index contributed by atoms with van der Waals surface area (Å²) in [6.45, 7) is 0.727. The molecule has 2 aromatic heterocycles. The lowest BCUT2D eigenvalue weighted by Crippen LogP contribution is -2.21. The Labute approximate surface area is 86.3 Å². The van der Waals surface area contributed by atoms with Crippen LogP contribution in [0.2, 0.25) is 0 Å². The van der Waals surface area contributed by atoms with Gasteiger partial charge in [0.2, 0.25) is 0 Å². The molecule has 0 fully saturated rings. The minimum atomic E-state index is 0.123. The summed E-state index contributed by atoms with van der Waals surface area (Å²) in [4.78, 5) is 4.22. The van der Waals surface area contributed by atoms with Crippen LogP contribution in [-0.4, -0.2) is 31.0 Å². The maximum absolute atomic E-state index is 8.72. The first-order valence-electron chi connectivity index (χ1n) is 4.76. The third-order valence-corrected chi connectivity index (χ3v) is 2.33. The average molecular weight is 207 g/mol. The van der Waals surface area contributed by atoms with E-state index < -0.39 is 0 Å². The van der Waals surface area contributed by atoms with Crippen LogP contribution < -0.4 is 5.49 Å². The second-order valence-corrected chi connectivity index (χ2v) is 3.37. The van der Waals surface area contributed by atoms with Crippen molar-refractivity contribution >= 4 is 11.0 Å². The highest BCUT2D eigenvalue weighted by atomic mass is 16.3. The predicted octanol–water partition coefficient (Wildman–Crippen LogP) is -0.368. The normalized spacial score (nSPS) is 11.1. The van der Waals surface area contributed by atoms with Gasteiger partial charge in [0.05, 0.1) is 17.9 Å². The van der Waals surface area contributed by atoms with E-state index in [0.717, 1.165) is 5.39 Å². The highest BCUT2D eigenvalue weighted by Crippen LogP contribution is 2.02. The number of aryl methyl sites for hydroxylation is 2. The highest BCUT2D eigenvalue weighted by Gasteiger charge is 2.04. The Kier molecular flexibility index (Phi) is 2.51. The van der Waals surface area contributed by atoms with Crippen molar-refractivity contribution in [2.75, 3.05) is 6.61 Å². The van der Waals surface area contributed by atoms with Crippen molar-refractivity contribution in [3.05, 3.63) is 18.0 Å². The van der Waals surface area contributed by atoms with Crippen molar-refractivity contribution in [1.82, 2.24) is 19.3 Å². The van der Waals surface area contributed by atoms with Gasteiger partial charge < -0.3 is 9.67 Å². The van der Waals surface area contributed by atoms with Gasteiger partial charge >= 0.3 is 0 Å². The zero-order chi connectivity index (χ0) is 10.8. The van der Waals surface area contributed by atoms with E-state index in [4.69, 9.17) is 10.5 Å². The summed E-state index contributed by atoms with van der Waals surface area (Å²) in [5.41, 5.74) is 1.10. The molecule has 2 rings (SSSR count). The number of aromatic nitrogens is 4.